The summed E-state index contributed by atoms with van der Waals surface area (Å²) in [5, 5.41) is 5.33. The molecule has 2 aromatic carbocycles. The van der Waals surface area contributed by atoms with E-state index in [0.29, 0.717) is 55.5 Å². The largest absolute Gasteiger partial charge is 0.486 e. The van der Waals surface area contributed by atoms with Crippen LogP contribution in [0, 0.1) is 5.92 Å². The molecule has 0 aromatic heterocycles. The van der Waals surface area contributed by atoms with Gasteiger partial charge in [0.15, 0.2) is 11.5 Å². The third-order valence-electron chi connectivity index (χ3n) is 5.49. The highest BCUT2D eigenvalue weighted by Gasteiger charge is 2.33. The Hall–Kier alpha value is -3.31. The van der Waals surface area contributed by atoms with Gasteiger partial charge in [-0.05, 0) is 49.2 Å². The predicted octanol–water partition coefficient (Wildman–Crippen LogP) is 2.68. The van der Waals surface area contributed by atoms with Gasteiger partial charge in [-0.25, -0.2) is 13.2 Å². The maximum absolute atomic E-state index is 13.1. The number of anilines is 2. The quantitative estimate of drug-likeness (QED) is 0.681. The molecule has 11 heteroatoms. The van der Waals surface area contributed by atoms with Crippen molar-refractivity contribution in [2.75, 3.05) is 44.0 Å². The summed E-state index contributed by atoms with van der Waals surface area (Å²) in [6.07, 6.45) is 0.513. The lowest BCUT2D eigenvalue weighted by atomic mass is 9.98. The summed E-state index contributed by atoms with van der Waals surface area (Å²) >= 11 is 0. The van der Waals surface area contributed by atoms with Crippen molar-refractivity contribution < 1.29 is 32.2 Å². The lowest BCUT2D eigenvalue weighted by molar-refractivity contribution is -0.120. The normalized spacial score (nSPS) is 18.3. The van der Waals surface area contributed by atoms with Crippen LogP contribution in [0.4, 0.5) is 16.2 Å². The smallest absolute Gasteiger partial charge is 0.411 e. The van der Waals surface area contributed by atoms with Crippen LogP contribution >= 0.6 is 0 Å². The zero-order chi connectivity index (χ0) is 23.4. The van der Waals surface area contributed by atoms with Crippen LogP contribution < -0.4 is 20.1 Å². The summed E-state index contributed by atoms with van der Waals surface area (Å²) in [6, 6.07) is 11.0. The lowest BCUT2D eigenvalue weighted by Gasteiger charge is -2.31. The van der Waals surface area contributed by atoms with E-state index in [1.165, 1.54) is 35.7 Å². The fourth-order valence-corrected chi connectivity index (χ4v) is 5.29. The summed E-state index contributed by atoms with van der Waals surface area (Å²) in [7, 11) is -2.55. The molecule has 1 atom stereocenters. The molecule has 1 fully saturated rings. The highest BCUT2D eigenvalue weighted by Crippen LogP contribution is 2.33. The Bertz CT molecular complexity index is 1140. The molecule has 0 saturated carbocycles. The van der Waals surface area contributed by atoms with Crippen LogP contribution in [0.2, 0.25) is 0 Å². The van der Waals surface area contributed by atoms with Crippen LogP contribution in [0.1, 0.15) is 12.8 Å². The summed E-state index contributed by atoms with van der Waals surface area (Å²) in [5.74, 6) is 0.463. The molecule has 0 aliphatic carbocycles. The van der Waals surface area contributed by atoms with Gasteiger partial charge in [0.2, 0.25) is 15.9 Å². The molecular weight excluding hydrogens is 450 g/mol. The standard InChI is InChI=1S/C22H25N3O7S/c1-30-22(27)24-16-4-7-18(8-5-16)33(28,29)25-10-2-3-15(14-25)21(26)23-17-6-9-19-20(13-17)32-12-11-31-19/h4-9,13,15H,2-3,10-12,14H2,1H3,(H,23,26)(H,24,27). The van der Waals surface area contributed by atoms with Gasteiger partial charge in [0, 0.05) is 30.5 Å². The van der Waals surface area contributed by atoms with Crippen LogP contribution in [0.3, 0.4) is 0 Å². The van der Waals surface area contributed by atoms with Gasteiger partial charge in [-0.1, -0.05) is 0 Å². The molecule has 1 unspecified atom stereocenters. The first-order valence-electron chi connectivity index (χ1n) is 10.5. The summed E-state index contributed by atoms with van der Waals surface area (Å²) in [6.45, 7) is 1.34. The second kappa shape index (κ2) is 9.67. The van der Waals surface area contributed by atoms with Gasteiger partial charge in [-0.2, -0.15) is 4.31 Å². The van der Waals surface area contributed by atoms with Crippen molar-refractivity contribution in [3.8, 4) is 11.5 Å². The Labute approximate surface area is 191 Å². The molecule has 2 aliphatic heterocycles. The molecule has 2 amide bonds. The molecule has 1 saturated heterocycles. The number of fused-ring (bicyclic) bond motifs is 1. The van der Waals surface area contributed by atoms with Crippen molar-refractivity contribution in [2.24, 2.45) is 5.92 Å². The van der Waals surface area contributed by atoms with E-state index in [0.717, 1.165) is 0 Å². The molecule has 0 spiro atoms. The van der Waals surface area contributed by atoms with Crippen LogP contribution in [0.5, 0.6) is 11.5 Å². The molecule has 0 bridgehead atoms. The number of nitrogens with one attached hydrogen (secondary N) is 2. The third-order valence-corrected chi connectivity index (χ3v) is 7.37. The minimum atomic E-state index is -3.79. The monoisotopic (exact) mass is 475 g/mol. The minimum Gasteiger partial charge on any atom is -0.486 e. The van der Waals surface area contributed by atoms with Gasteiger partial charge in [-0.3, -0.25) is 10.1 Å². The number of hydrogen-bond acceptors (Lipinski definition) is 7. The van der Waals surface area contributed by atoms with E-state index in [-0.39, 0.29) is 17.3 Å². The maximum Gasteiger partial charge on any atom is 0.411 e. The van der Waals surface area contributed by atoms with Crippen LogP contribution in [0.25, 0.3) is 0 Å². The van der Waals surface area contributed by atoms with Crippen LogP contribution in [-0.4, -0.2) is 58.1 Å². The number of nitrogens with zero attached hydrogens (tertiary/aromatic N) is 1. The fourth-order valence-electron chi connectivity index (χ4n) is 3.77. The summed E-state index contributed by atoms with van der Waals surface area (Å²) in [5.41, 5.74) is 0.981. The van der Waals surface area contributed by atoms with E-state index in [4.69, 9.17) is 9.47 Å². The van der Waals surface area contributed by atoms with Gasteiger partial charge >= 0.3 is 6.09 Å². The second-order valence-electron chi connectivity index (χ2n) is 7.69. The number of sulfonamides is 1. The second-order valence-corrected chi connectivity index (χ2v) is 9.63. The van der Waals surface area contributed by atoms with Gasteiger partial charge in [0.25, 0.3) is 0 Å². The number of piperidine rings is 1. The van der Waals surface area contributed by atoms with Crippen LogP contribution in [0.15, 0.2) is 47.4 Å². The molecule has 33 heavy (non-hydrogen) atoms. The predicted molar refractivity (Wildman–Crippen MR) is 120 cm³/mol. The van der Waals surface area contributed by atoms with Crippen molar-refractivity contribution in [2.45, 2.75) is 17.7 Å². The zero-order valence-corrected chi connectivity index (χ0v) is 18.9. The average Bonchev–Trinajstić information content (AvgIpc) is 2.84. The highest BCUT2D eigenvalue weighted by molar-refractivity contribution is 7.89. The molecule has 2 heterocycles. The van der Waals surface area contributed by atoms with Crippen molar-refractivity contribution in [3.63, 3.8) is 0 Å². The molecule has 2 aromatic rings. The molecular formula is C22H25N3O7S. The number of carbonyl (C=O) groups is 2. The molecule has 10 nitrogen and oxygen atoms in total. The first kappa shape index (κ1) is 22.9. The van der Waals surface area contributed by atoms with E-state index < -0.39 is 22.0 Å². The SMILES string of the molecule is COC(=O)Nc1ccc(S(=O)(=O)N2CCCC(C(=O)Nc3ccc4c(c3)OCCO4)C2)cc1. The Kier molecular flexibility index (Phi) is 6.70. The lowest BCUT2D eigenvalue weighted by Crippen LogP contribution is -2.43. The Morgan fingerprint density at radius 3 is 2.42 bits per heavy atom. The number of methoxy groups -OCH3 is 1. The van der Waals surface area contributed by atoms with Crippen LogP contribution in [-0.2, 0) is 19.6 Å². The van der Waals surface area contributed by atoms with Gasteiger partial charge in [-0.15, -0.1) is 0 Å². The number of hydrogen-bond donors (Lipinski definition) is 2. The number of benzene rings is 2. The van der Waals surface area contributed by atoms with Crippen molar-refractivity contribution in [1.29, 1.82) is 0 Å². The Morgan fingerprint density at radius 1 is 1.00 bits per heavy atom. The van der Waals surface area contributed by atoms with Crippen molar-refractivity contribution in [1.82, 2.24) is 4.31 Å². The van der Waals surface area contributed by atoms with Gasteiger partial charge in [0.05, 0.1) is 17.9 Å². The average molecular weight is 476 g/mol. The summed E-state index contributed by atoms with van der Waals surface area (Å²) < 4.78 is 43.1. The topological polar surface area (TPSA) is 123 Å². The third kappa shape index (κ3) is 5.20. The first-order chi connectivity index (χ1) is 15.9. The molecule has 4 rings (SSSR count). The van der Waals surface area contributed by atoms with Crippen molar-refractivity contribution >= 4 is 33.4 Å². The number of carbonyl (C=O) groups excluding carboxylic acids is 2. The molecule has 176 valence electrons. The molecule has 2 N–H and O–H groups in total. The van der Waals surface area contributed by atoms with E-state index in [1.807, 2.05) is 0 Å². The van der Waals surface area contributed by atoms with E-state index >= 15 is 0 Å². The molecule has 2 aliphatic rings. The Balaban J connectivity index is 1.42. The van der Waals surface area contributed by atoms with E-state index in [2.05, 4.69) is 15.4 Å². The molecule has 0 radical (unpaired) electrons. The Morgan fingerprint density at radius 2 is 1.70 bits per heavy atom. The maximum atomic E-state index is 13.1. The van der Waals surface area contributed by atoms with E-state index in [9.17, 15) is 18.0 Å². The number of ether oxygens (including phenoxy) is 3. The number of rotatable bonds is 5. The van der Waals surface area contributed by atoms with Gasteiger partial charge < -0.3 is 19.5 Å². The first-order valence-corrected chi connectivity index (χ1v) is 12.0. The highest BCUT2D eigenvalue weighted by atomic mass is 32.2. The minimum absolute atomic E-state index is 0.0842. The van der Waals surface area contributed by atoms with Crippen molar-refractivity contribution in [3.05, 3.63) is 42.5 Å². The zero-order valence-electron chi connectivity index (χ0n) is 18.1. The van der Waals surface area contributed by atoms with E-state index in [1.54, 1.807) is 18.2 Å². The number of amides is 2. The van der Waals surface area contributed by atoms with Gasteiger partial charge in [0.1, 0.15) is 13.2 Å². The fraction of sp³-hybridized carbons (Fsp3) is 0.364. The summed E-state index contributed by atoms with van der Waals surface area (Å²) in [4.78, 5) is 24.3.